The van der Waals surface area contributed by atoms with Crippen LogP contribution >= 0.6 is 17.0 Å². The van der Waals surface area contributed by atoms with Crippen LogP contribution in [0.4, 0.5) is 0 Å². The van der Waals surface area contributed by atoms with Gasteiger partial charge in [0.05, 0.1) is 8.07 Å². The number of benzene rings is 4. The Hall–Kier alpha value is -2.00. The van der Waals surface area contributed by atoms with E-state index >= 15 is 0 Å². The molecule has 6 aromatic rings. The van der Waals surface area contributed by atoms with Crippen LogP contribution in [0.3, 0.4) is 0 Å². The molecule has 52 heavy (non-hydrogen) atoms. The fourth-order valence-electron chi connectivity index (χ4n) is 7.27. The Balaban J connectivity index is 0.000000207. The zero-order chi connectivity index (χ0) is 38.1. The first-order chi connectivity index (χ1) is 24.7. The van der Waals surface area contributed by atoms with Crippen LogP contribution in [0.1, 0.15) is 76.0 Å². The Bertz CT molecular complexity index is 1960. The van der Waals surface area contributed by atoms with Gasteiger partial charge in [-0.05, 0) is 46.8 Å². The van der Waals surface area contributed by atoms with Crippen molar-refractivity contribution < 1.29 is 20.8 Å². The van der Waals surface area contributed by atoms with E-state index in [1.807, 2.05) is 0 Å². The molecule has 0 nitrogen and oxygen atoms in total. The minimum atomic E-state index is -1.21. The molecular formula is C47H58Cl2Si2Zr. The van der Waals surface area contributed by atoms with Gasteiger partial charge in [-0.25, -0.2) is 0 Å². The first-order valence-electron chi connectivity index (χ1n) is 18.8. The van der Waals surface area contributed by atoms with Gasteiger partial charge in [-0.15, -0.1) is 69.1 Å². The number of hydrogen-bond acceptors (Lipinski definition) is 0. The quantitative estimate of drug-likeness (QED) is 0.123. The van der Waals surface area contributed by atoms with E-state index in [0.29, 0.717) is 0 Å². The molecule has 1 aliphatic rings. The monoisotopic (exact) mass is 838 g/mol. The molecule has 0 spiro atoms. The molecule has 0 heterocycles. The van der Waals surface area contributed by atoms with Crippen LogP contribution < -0.4 is 5.19 Å². The summed E-state index contributed by atoms with van der Waals surface area (Å²) >= 11 is -0.826. The molecule has 0 amide bonds. The van der Waals surface area contributed by atoms with E-state index in [9.17, 15) is 0 Å². The third kappa shape index (κ3) is 11.5. The Labute approximate surface area is 338 Å². The summed E-state index contributed by atoms with van der Waals surface area (Å²) in [6.45, 7) is 22.9. The van der Waals surface area contributed by atoms with Gasteiger partial charge in [0.1, 0.15) is 0 Å². The topological polar surface area (TPSA) is 0 Å². The van der Waals surface area contributed by atoms with E-state index in [0.717, 1.165) is 21.4 Å². The molecule has 1 fully saturated rings. The molecule has 0 saturated heterocycles. The van der Waals surface area contributed by atoms with Crippen LogP contribution in [0.5, 0.6) is 0 Å². The average molecular weight is 841 g/mol. The number of halogens is 2. The molecule has 6 aromatic carbocycles. The zero-order valence-corrected chi connectivity index (χ0v) is 39.1. The first kappa shape index (κ1) is 42.7. The molecule has 0 unspecified atom stereocenters. The van der Waals surface area contributed by atoms with Gasteiger partial charge < -0.3 is 0 Å². The van der Waals surface area contributed by atoms with E-state index in [-0.39, 0.29) is 5.41 Å². The summed E-state index contributed by atoms with van der Waals surface area (Å²) in [6, 6.07) is 41.2. The van der Waals surface area contributed by atoms with Crippen molar-refractivity contribution in [2.75, 3.05) is 0 Å². The molecule has 1 aliphatic carbocycles. The number of aryl methyl sites for hydroxylation is 1. The Morgan fingerprint density at radius 2 is 1.15 bits per heavy atom. The van der Waals surface area contributed by atoms with E-state index in [4.69, 9.17) is 17.0 Å². The van der Waals surface area contributed by atoms with Crippen molar-refractivity contribution in [1.82, 2.24) is 0 Å². The van der Waals surface area contributed by atoms with Gasteiger partial charge >= 0.3 is 37.9 Å². The minimum absolute atomic E-state index is 0.204. The summed E-state index contributed by atoms with van der Waals surface area (Å²) in [5.74, 6) is 1.67. The maximum absolute atomic E-state index is 4.93. The van der Waals surface area contributed by atoms with Crippen molar-refractivity contribution in [3.05, 3.63) is 126 Å². The predicted octanol–water partition coefficient (Wildman–Crippen LogP) is 15.1. The van der Waals surface area contributed by atoms with Crippen molar-refractivity contribution >= 4 is 61.4 Å². The third-order valence-electron chi connectivity index (χ3n) is 10.3. The molecule has 0 aromatic heterocycles. The Kier molecular flexibility index (Phi) is 16.1. The first-order valence-corrected chi connectivity index (χ1v) is 30.6. The number of rotatable bonds is 4. The number of fused-ring (bicyclic) bond motifs is 2. The maximum atomic E-state index is 4.93. The summed E-state index contributed by atoms with van der Waals surface area (Å²) in [6.07, 6.45) is 5.47. The van der Waals surface area contributed by atoms with E-state index in [1.165, 1.54) is 85.8 Å². The second-order valence-corrected chi connectivity index (χ2v) is 26.4. The molecular weight excluding hydrogens is 783 g/mol. The number of hydrogen-bond donors (Lipinski definition) is 0. The summed E-state index contributed by atoms with van der Waals surface area (Å²) in [5.41, 5.74) is 9.87. The van der Waals surface area contributed by atoms with E-state index in [1.54, 1.807) is 5.56 Å². The second-order valence-electron chi connectivity index (χ2n) is 16.6. The van der Waals surface area contributed by atoms with Crippen LogP contribution in [0.2, 0.25) is 32.7 Å². The van der Waals surface area contributed by atoms with E-state index in [2.05, 4.69) is 177 Å². The normalized spacial score (nSPS) is 15.8. The van der Waals surface area contributed by atoms with Gasteiger partial charge in [0.15, 0.2) is 0 Å². The summed E-state index contributed by atoms with van der Waals surface area (Å²) in [4.78, 5) is 0. The molecule has 0 N–H and O–H groups in total. The summed E-state index contributed by atoms with van der Waals surface area (Å²) in [5, 5.41) is 7.05. The van der Waals surface area contributed by atoms with Crippen molar-refractivity contribution in [2.24, 2.45) is 5.92 Å². The van der Waals surface area contributed by atoms with Gasteiger partial charge in [-0.2, -0.15) is 12.1 Å². The molecule has 0 atom stereocenters. The molecule has 0 bridgehead atoms. The van der Waals surface area contributed by atoms with Gasteiger partial charge in [0.25, 0.3) is 0 Å². The molecule has 1 saturated carbocycles. The third-order valence-corrected chi connectivity index (χ3v) is 12.3. The van der Waals surface area contributed by atoms with Gasteiger partial charge in [0.2, 0.25) is 0 Å². The van der Waals surface area contributed by atoms with Crippen LogP contribution in [0, 0.1) is 12.8 Å². The summed E-state index contributed by atoms with van der Waals surface area (Å²) < 4.78 is 0. The summed E-state index contributed by atoms with van der Waals surface area (Å²) in [7, 11) is 9.74. The van der Waals surface area contributed by atoms with Crippen molar-refractivity contribution in [1.29, 1.82) is 0 Å². The molecule has 7 rings (SSSR count). The van der Waals surface area contributed by atoms with Crippen molar-refractivity contribution in [3.63, 3.8) is 0 Å². The zero-order valence-electron chi connectivity index (χ0n) is 33.1. The second kappa shape index (κ2) is 19.5. The SMILES string of the molecule is CC1CCC(c2cc3c(-c4ccc(C(C)(C)C)cc4)cccc3[cH-]2)CC1.C[Si]C.Cc1cc2c(-c3ccc([Si](C)(C)C)cc3)cccc2[cH-]1.[Cl][Zr+2][Cl]. The van der Waals surface area contributed by atoms with Gasteiger partial charge in [-0.1, -0.05) is 157 Å². The fraction of sp³-hybridized carbons (Fsp3) is 0.362. The van der Waals surface area contributed by atoms with Crippen LogP contribution in [0.15, 0.2) is 109 Å². The molecule has 272 valence electrons. The fourth-order valence-corrected chi connectivity index (χ4v) is 8.44. The molecule has 2 radical (unpaired) electrons. The van der Waals surface area contributed by atoms with Crippen molar-refractivity contribution in [2.45, 2.75) is 104 Å². The average Bonchev–Trinajstić information content (AvgIpc) is 3.72. The van der Waals surface area contributed by atoms with Crippen molar-refractivity contribution in [3.8, 4) is 22.3 Å². The van der Waals surface area contributed by atoms with Crippen LogP contribution in [0.25, 0.3) is 43.8 Å². The molecule has 5 heteroatoms. The Morgan fingerprint density at radius 1 is 0.692 bits per heavy atom. The standard InChI is InChI=1S/C26H31.C19H21Si.C2H6Si.2ClH.Zr/c1-18-8-10-19(11-9-18)22-16-21-6-5-7-24(25(21)17-22)20-12-14-23(15-13-20)26(2,3)4;1-14-12-16-6-5-7-18(19(16)13-14)15-8-10-17(11-9-15)20(2,3)4;1-3-2;;;/h5-7,12-19H,8-11H2,1-4H3;5-13H,1-4H3;1-2H3;2*1H;/q2*-1;;;;+4/p-2. The van der Waals surface area contributed by atoms with E-state index < -0.39 is 28.9 Å². The van der Waals surface area contributed by atoms with Crippen LogP contribution in [-0.4, -0.2) is 17.6 Å². The predicted molar refractivity (Wildman–Crippen MR) is 236 cm³/mol. The Morgan fingerprint density at radius 3 is 1.63 bits per heavy atom. The molecule has 0 aliphatic heterocycles. The van der Waals surface area contributed by atoms with Crippen LogP contribution in [-0.2, 0) is 26.3 Å². The van der Waals surface area contributed by atoms with Gasteiger partial charge in [0, 0.05) is 9.52 Å². The van der Waals surface area contributed by atoms with Gasteiger partial charge in [-0.3, -0.25) is 0 Å².